The first kappa shape index (κ1) is 40.7. The fourth-order valence-corrected chi connectivity index (χ4v) is 8.44. The molecule has 1 aliphatic carbocycles. The van der Waals surface area contributed by atoms with E-state index < -0.39 is 0 Å². The van der Waals surface area contributed by atoms with E-state index in [1.54, 1.807) is 0 Å². The van der Waals surface area contributed by atoms with Gasteiger partial charge in [-0.2, -0.15) is 0 Å². The van der Waals surface area contributed by atoms with Gasteiger partial charge in [0.1, 0.15) is 17.3 Å². The molecule has 2 atom stereocenters. The molecule has 1 saturated carbocycles. The minimum Gasteiger partial charge on any atom is -0.507 e. The molecule has 59 heavy (non-hydrogen) atoms. The van der Waals surface area contributed by atoms with E-state index in [2.05, 4.69) is 125 Å². The summed E-state index contributed by atoms with van der Waals surface area (Å²) >= 11 is 0. The van der Waals surface area contributed by atoms with Gasteiger partial charge in [-0.15, -0.1) is 0 Å². The van der Waals surface area contributed by atoms with Crippen molar-refractivity contribution in [3.8, 4) is 11.5 Å². The molecule has 0 bridgehead atoms. The summed E-state index contributed by atoms with van der Waals surface area (Å²) in [5.41, 5.74) is 13.7. The summed E-state index contributed by atoms with van der Waals surface area (Å²) in [5, 5.41) is 23.4. The molecule has 3 nitrogen and oxygen atoms in total. The summed E-state index contributed by atoms with van der Waals surface area (Å²) in [6, 6.07) is 49.1. The number of ketones is 1. The SMILES string of the molecule is CC(=Cc1cc(CC2CCCC(Cc3cc(C=C(C)c4ccccc4)c(O)c(C=C(C)c4ccccc4)c3)C2=O)cc(C=C(C)c2ccccc2)c1O)c1ccccc1. The molecule has 0 radical (unpaired) electrons. The minimum absolute atomic E-state index is 0.131. The minimum atomic E-state index is -0.131. The van der Waals surface area contributed by atoms with Crippen molar-refractivity contribution in [3.63, 3.8) is 0 Å². The van der Waals surface area contributed by atoms with Crippen molar-refractivity contribution in [2.45, 2.75) is 59.8 Å². The van der Waals surface area contributed by atoms with Crippen LogP contribution in [0.1, 0.15) is 103 Å². The molecule has 6 aromatic rings. The summed E-state index contributed by atoms with van der Waals surface area (Å²) in [5.74, 6) is 0.504. The van der Waals surface area contributed by atoms with E-state index in [0.29, 0.717) is 18.6 Å². The molecule has 1 aliphatic rings. The predicted molar refractivity (Wildman–Crippen MR) is 249 cm³/mol. The highest BCUT2D eigenvalue weighted by Gasteiger charge is 2.32. The molecule has 3 heteroatoms. The lowest BCUT2D eigenvalue weighted by atomic mass is 9.74. The Morgan fingerprint density at radius 3 is 0.966 bits per heavy atom. The Kier molecular flexibility index (Phi) is 13.0. The third-order valence-electron chi connectivity index (χ3n) is 11.7. The van der Waals surface area contributed by atoms with Gasteiger partial charge in [-0.3, -0.25) is 4.79 Å². The molecule has 2 N–H and O–H groups in total. The van der Waals surface area contributed by atoms with Crippen LogP contribution >= 0.6 is 0 Å². The van der Waals surface area contributed by atoms with Crippen LogP contribution in [0.3, 0.4) is 0 Å². The normalized spacial score (nSPS) is 16.6. The van der Waals surface area contributed by atoms with Crippen molar-refractivity contribution >= 4 is 52.4 Å². The van der Waals surface area contributed by atoms with Crippen molar-refractivity contribution in [1.82, 2.24) is 0 Å². The standard InChI is InChI=1S/C56H54O3/c1-38(44-18-9-5-10-19-44)28-50-34-42(35-51(55(50)58)29-39(2)45-20-11-6-12-21-45)32-48-26-17-27-49(54(48)57)33-43-36-52(30-40(3)46-22-13-7-14-23-46)56(59)53(37-43)31-41(4)47-24-15-8-16-25-47/h5-16,18-25,28-31,34-37,48-49,58-59H,17,26-27,32-33H2,1-4H3. The summed E-state index contributed by atoms with van der Waals surface area (Å²) in [6.07, 6.45) is 12.1. The Morgan fingerprint density at radius 2 is 0.712 bits per heavy atom. The maximum absolute atomic E-state index is 14.5. The van der Waals surface area contributed by atoms with Crippen LogP contribution < -0.4 is 0 Å². The van der Waals surface area contributed by atoms with Gasteiger partial charge in [0.25, 0.3) is 0 Å². The third kappa shape index (κ3) is 10.2. The van der Waals surface area contributed by atoms with Gasteiger partial charge in [0.2, 0.25) is 0 Å². The van der Waals surface area contributed by atoms with Gasteiger partial charge < -0.3 is 10.2 Å². The molecule has 296 valence electrons. The van der Waals surface area contributed by atoms with Gasteiger partial charge >= 0.3 is 0 Å². The third-order valence-corrected chi connectivity index (χ3v) is 11.7. The van der Waals surface area contributed by atoms with Crippen LogP contribution in [0.5, 0.6) is 11.5 Å². The lowest BCUT2D eigenvalue weighted by Gasteiger charge is -2.28. The maximum Gasteiger partial charge on any atom is 0.139 e. The first-order valence-corrected chi connectivity index (χ1v) is 20.8. The Morgan fingerprint density at radius 1 is 0.458 bits per heavy atom. The lowest BCUT2D eigenvalue weighted by Crippen LogP contribution is -2.31. The number of allylic oxidation sites excluding steroid dienone is 4. The summed E-state index contributed by atoms with van der Waals surface area (Å²) in [7, 11) is 0. The second-order valence-corrected chi connectivity index (χ2v) is 16.2. The number of phenolic OH excluding ortho intramolecular Hbond substituents is 2. The van der Waals surface area contributed by atoms with E-state index >= 15 is 0 Å². The molecule has 0 saturated heterocycles. The molecule has 7 rings (SSSR count). The van der Waals surface area contributed by atoms with E-state index in [9.17, 15) is 15.0 Å². The highest BCUT2D eigenvalue weighted by atomic mass is 16.3. The number of benzene rings is 6. The van der Waals surface area contributed by atoms with E-state index in [1.165, 1.54) is 0 Å². The molecular formula is C56H54O3. The van der Waals surface area contributed by atoms with Crippen LogP contribution in [0.2, 0.25) is 0 Å². The lowest BCUT2D eigenvalue weighted by molar-refractivity contribution is -0.129. The molecule has 6 aromatic carbocycles. The molecule has 1 fully saturated rings. The number of rotatable bonds is 12. The number of hydrogen-bond acceptors (Lipinski definition) is 3. The predicted octanol–water partition coefficient (Wildman–Crippen LogP) is 14.1. The Hall–Kier alpha value is -6.45. The van der Waals surface area contributed by atoms with Gasteiger partial charge in [0.05, 0.1) is 0 Å². The second kappa shape index (κ2) is 18.9. The Bertz CT molecular complexity index is 2190. The fourth-order valence-electron chi connectivity index (χ4n) is 8.44. The largest absolute Gasteiger partial charge is 0.507 e. The number of Topliss-reactive ketones (excluding diaryl/α,β-unsaturated/α-hetero) is 1. The molecular weight excluding hydrogens is 721 g/mol. The first-order valence-electron chi connectivity index (χ1n) is 20.8. The van der Waals surface area contributed by atoms with Crippen LogP contribution in [0.15, 0.2) is 146 Å². The monoisotopic (exact) mass is 774 g/mol. The molecule has 0 heterocycles. The van der Waals surface area contributed by atoms with Gasteiger partial charge in [0, 0.05) is 34.1 Å². The number of hydrogen-bond donors (Lipinski definition) is 2. The number of aromatic hydroxyl groups is 2. The van der Waals surface area contributed by atoms with E-state index in [4.69, 9.17) is 0 Å². The van der Waals surface area contributed by atoms with Gasteiger partial charge in [0.15, 0.2) is 0 Å². The van der Waals surface area contributed by atoms with Gasteiger partial charge in [-0.1, -0.05) is 128 Å². The summed E-state index contributed by atoms with van der Waals surface area (Å²) in [6.45, 7) is 8.27. The maximum atomic E-state index is 14.5. The highest BCUT2D eigenvalue weighted by Crippen LogP contribution is 2.38. The zero-order chi connectivity index (χ0) is 41.3. The molecule has 2 unspecified atom stereocenters. The summed E-state index contributed by atoms with van der Waals surface area (Å²) in [4.78, 5) is 14.5. The summed E-state index contributed by atoms with van der Waals surface area (Å²) < 4.78 is 0. The zero-order valence-electron chi connectivity index (χ0n) is 34.7. The number of carbonyl (C=O) groups excluding carboxylic acids is 1. The van der Waals surface area contributed by atoms with Crippen molar-refractivity contribution in [3.05, 3.63) is 201 Å². The van der Waals surface area contributed by atoms with Crippen LogP contribution in [-0.4, -0.2) is 16.0 Å². The zero-order valence-corrected chi connectivity index (χ0v) is 34.7. The first-order chi connectivity index (χ1) is 28.6. The van der Waals surface area contributed by atoms with E-state index in [1.807, 2.05) is 72.8 Å². The van der Waals surface area contributed by atoms with Crippen LogP contribution in [0, 0.1) is 11.8 Å². The number of phenols is 2. The Balaban J connectivity index is 1.20. The van der Waals surface area contributed by atoms with Crippen molar-refractivity contribution in [2.75, 3.05) is 0 Å². The fraction of sp³-hybridized carbons (Fsp3) is 0.196. The molecule has 0 aliphatic heterocycles. The topological polar surface area (TPSA) is 57.5 Å². The quantitative estimate of drug-likeness (QED) is 0.122. The Labute approximate surface area is 350 Å². The van der Waals surface area contributed by atoms with Crippen LogP contribution in [0.4, 0.5) is 0 Å². The molecule has 0 aromatic heterocycles. The van der Waals surface area contributed by atoms with Gasteiger partial charge in [-0.25, -0.2) is 0 Å². The highest BCUT2D eigenvalue weighted by molar-refractivity contribution is 5.90. The van der Waals surface area contributed by atoms with Crippen molar-refractivity contribution in [1.29, 1.82) is 0 Å². The van der Waals surface area contributed by atoms with Crippen LogP contribution in [0.25, 0.3) is 46.6 Å². The van der Waals surface area contributed by atoms with E-state index in [0.717, 1.165) is 97.2 Å². The number of carbonyl (C=O) groups is 1. The average Bonchev–Trinajstić information content (AvgIpc) is 3.26. The average molecular weight is 775 g/mol. The molecule has 0 spiro atoms. The van der Waals surface area contributed by atoms with E-state index in [-0.39, 0.29) is 23.3 Å². The second-order valence-electron chi connectivity index (χ2n) is 16.2. The van der Waals surface area contributed by atoms with Gasteiger partial charge in [-0.05, 0) is 158 Å². The molecule has 0 amide bonds. The van der Waals surface area contributed by atoms with Crippen LogP contribution in [-0.2, 0) is 17.6 Å². The van der Waals surface area contributed by atoms with Crippen molar-refractivity contribution < 1.29 is 15.0 Å². The smallest absolute Gasteiger partial charge is 0.139 e. The van der Waals surface area contributed by atoms with Crippen molar-refractivity contribution in [2.24, 2.45) is 11.8 Å².